The highest BCUT2D eigenvalue weighted by molar-refractivity contribution is 5.97. The second kappa shape index (κ2) is 9.23. The van der Waals surface area contributed by atoms with E-state index in [0.717, 1.165) is 64.2 Å². The van der Waals surface area contributed by atoms with Crippen LogP contribution in [0, 0.1) is 0 Å². The zero-order valence-corrected chi connectivity index (χ0v) is 16.9. The van der Waals surface area contributed by atoms with E-state index < -0.39 is 0 Å². The van der Waals surface area contributed by atoms with Gasteiger partial charge in [-0.2, -0.15) is 0 Å². The van der Waals surface area contributed by atoms with Crippen LogP contribution in [0.1, 0.15) is 35.2 Å². The number of hydrogen-bond acceptors (Lipinski definition) is 3. The van der Waals surface area contributed by atoms with Crippen molar-refractivity contribution in [2.45, 2.75) is 25.7 Å². The summed E-state index contributed by atoms with van der Waals surface area (Å²) in [5.41, 5.74) is 2.96. The van der Waals surface area contributed by atoms with E-state index in [0.29, 0.717) is 12.0 Å². The fourth-order valence-corrected chi connectivity index (χ4v) is 4.15. The largest absolute Gasteiger partial charge is 0.336 e. The van der Waals surface area contributed by atoms with Crippen LogP contribution in [0.2, 0.25) is 0 Å². The van der Waals surface area contributed by atoms with Gasteiger partial charge in [0.1, 0.15) is 0 Å². The molecule has 0 aromatic heterocycles. The lowest BCUT2D eigenvalue weighted by Gasteiger charge is -2.35. The molecule has 0 aliphatic carbocycles. The van der Waals surface area contributed by atoms with Gasteiger partial charge < -0.3 is 9.80 Å². The average Bonchev–Trinajstić information content (AvgIpc) is 2.79. The van der Waals surface area contributed by atoms with Gasteiger partial charge in [0, 0.05) is 56.9 Å². The van der Waals surface area contributed by atoms with Gasteiger partial charge in [-0.3, -0.25) is 14.5 Å². The summed E-state index contributed by atoms with van der Waals surface area (Å²) < 4.78 is 0. The third kappa shape index (κ3) is 4.85. The normalized spacial score (nSPS) is 18.1. The Morgan fingerprint density at radius 1 is 0.828 bits per heavy atom. The van der Waals surface area contributed by atoms with Crippen LogP contribution in [0.5, 0.6) is 0 Å². The first-order valence-electron chi connectivity index (χ1n) is 10.7. The predicted molar refractivity (Wildman–Crippen MR) is 115 cm³/mol. The number of nitrogens with zero attached hydrogens (tertiary/aromatic N) is 3. The van der Waals surface area contributed by atoms with E-state index in [-0.39, 0.29) is 11.8 Å². The summed E-state index contributed by atoms with van der Waals surface area (Å²) in [5, 5.41) is 0. The molecule has 2 amide bonds. The SMILES string of the molecule is O=C(c1ccc(N2CCCCC2=O)cc1)N1CCN(CCc2ccccc2)CC1. The van der Waals surface area contributed by atoms with Crippen LogP contribution in [0.15, 0.2) is 54.6 Å². The molecule has 5 heteroatoms. The summed E-state index contributed by atoms with van der Waals surface area (Å²) in [5.74, 6) is 0.270. The minimum absolute atomic E-state index is 0.0873. The van der Waals surface area contributed by atoms with Gasteiger partial charge in [0.25, 0.3) is 5.91 Å². The molecular weight excluding hydrogens is 362 g/mol. The van der Waals surface area contributed by atoms with Crippen LogP contribution >= 0.6 is 0 Å². The first-order valence-corrected chi connectivity index (χ1v) is 10.7. The highest BCUT2D eigenvalue weighted by Crippen LogP contribution is 2.22. The van der Waals surface area contributed by atoms with Gasteiger partial charge in [-0.1, -0.05) is 30.3 Å². The Morgan fingerprint density at radius 3 is 2.24 bits per heavy atom. The van der Waals surface area contributed by atoms with Crippen LogP contribution < -0.4 is 4.90 Å². The van der Waals surface area contributed by atoms with Crippen molar-refractivity contribution in [3.8, 4) is 0 Å². The molecule has 2 saturated heterocycles. The summed E-state index contributed by atoms with van der Waals surface area (Å²) in [7, 11) is 0. The second-order valence-corrected chi connectivity index (χ2v) is 7.92. The molecule has 0 spiro atoms. The molecule has 4 rings (SSSR count). The summed E-state index contributed by atoms with van der Waals surface area (Å²) in [6, 6.07) is 18.1. The second-order valence-electron chi connectivity index (χ2n) is 7.92. The zero-order valence-electron chi connectivity index (χ0n) is 16.9. The van der Waals surface area contributed by atoms with Gasteiger partial charge in [-0.05, 0) is 49.1 Å². The topological polar surface area (TPSA) is 43.9 Å². The van der Waals surface area contributed by atoms with E-state index in [4.69, 9.17) is 0 Å². The molecule has 0 radical (unpaired) electrons. The maximum atomic E-state index is 12.9. The van der Waals surface area contributed by atoms with E-state index in [1.807, 2.05) is 40.1 Å². The Labute approximate surface area is 172 Å². The molecule has 152 valence electrons. The number of carbonyl (C=O) groups is 2. The molecule has 29 heavy (non-hydrogen) atoms. The minimum atomic E-state index is 0.0873. The van der Waals surface area contributed by atoms with Gasteiger partial charge in [0.05, 0.1) is 0 Å². The standard InChI is InChI=1S/C24H29N3O2/c28-23-8-4-5-14-27(23)22-11-9-21(10-12-22)24(29)26-18-16-25(17-19-26)15-13-20-6-2-1-3-7-20/h1-3,6-7,9-12H,4-5,8,13-19H2. The molecule has 0 bridgehead atoms. The molecule has 5 nitrogen and oxygen atoms in total. The van der Waals surface area contributed by atoms with Crippen LogP contribution in [0.3, 0.4) is 0 Å². The van der Waals surface area contributed by atoms with E-state index >= 15 is 0 Å². The van der Waals surface area contributed by atoms with Crippen molar-refractivity contribution >= 4 is 17.5 Å². The van der Waals surface area contributed by atoms with Gasteiger partial charge in [0.15, 0.2) is 0 Å². The minimum Gasteiger partial charge on any atom is -0.336 e. The Balaban J connectivity index is 1.28. The third-order valence-electron chi connectivity index (χ3n) is 5.97. The smallest absolute Gasteiger partial charge is 0.253 e. The lowest BCUT2D eigenvalue weighted by atomic mass is 10.1. The molecule has 0 unspecified atom stereocenters. The Bertz CT molecular complexity index is 827. The number of anilines is 1. The van der Waals surface area contributed by atoms with E-state index in [1.165, 1.54) is 5.56 Å². The molecule has 2 aliphatic heterocycles. The molecule has 0 atom stereocenters. The number of carbonyl (C=O) groups excluding carboxylic acids is 2. The maximum absolute atomic E-state index is 12.9. The molecule has 2 aromatic carbocycles. The highest BCUT2D eigenvalue weighted by Gasteiger charge is 2.23. The number of hydrogen-bond donors (Lipinski definition) is 0. The van der Waals surface area contributed by atoms with Crippen molar-refractivity contribution in [2.24, 2.45) is 0 Å². The average molecular weight is 392 g/mol. The Morgan fingerprint density at radius 2 is 1.55 bits per heavy atom. The monoisotopic (exact) mass is 391 g/mol. The molecule has 2 aliphatic rings. The number of rotatable bonds is 5. The first kappa shape index (κ1) is 19.6. The molecular formula is C24H29N3O2. The first-order chi connectivity index (χ1) is 14.2. The Kier molecular flexibility index (Phi) is 6.25. The van der Waals surface area contributed by atoms with E-state index in [2.05, 4.69) is 29.2 Å². The predicted octanol–water partition coefficient (Wildman–Crippen LogP) is 3.20. The van der Waals surface area contributed by atoms with Crippen molar-refractivity contribution in [1.82, 2.24) is 9.80 Å². The van der Waals surface area contributed by atoms with Gasteiger partial charge in [0.2, 0.25) is 5.91 Å². The van der Waals surface area contributed by atoms with Crippen molar-refractivity contribution in [2.75, 3.05) is 44.2 Å². The molecule has 2 aromatic rings. The molecule has 2 fully saturated rings. The van der Waals surface area contributed by atoms with Crippen LogP contribution in [-0.4, -0.2) is 60.9 Å². The molecule has 0 saturated carbocycles. The maximum Gasteiger partial charge on any atom is 0.253 e. The number of piperazine rings is 1. The van der Waals surface area contributed by atoms with Gasteiger partial charge in [-0.15, -0.1) is 0 Å². The fourth-order valence-electron chi connectivity index (χ4n) is 4.15. The van der Waals surface area contributed by atoms with Crippen LogP contribution in [-0.2, 0) is 11.2 Å². The lowest BCUT2D eigenvalue weighted by molar-refractivity contribution is -0.119. The number of piperidine rings is 1. The summed E-state index contributed by atoms with van der Waals surface area (Å²) in [6.45, 7) is 5.17. The van der Waals surface area contributed by atoms with E-state index in [9.17, 15) is 9.59 Å². The molecule has 2 heterocycles. The quantitative estimate of drug-likeness (QED) is 0.786. The van der Waals surface area contributed by atoms with Crippen LogP contribution in [0.25, 0.3) is 0 Å². The van der Waals surface area contributed by atoms with Crippen molar-refractivity contribution < 1.29 is 9.59 Å². The lowest BCUT2D eigenvalue weighted by Crippen LogP contribution is -2.49. The van der Waals surface area contributed by atoms with Crippen LogP contribution in [0.4, 0.5) is 5.69 Å². The summed E-state index contributed by atoms with van der Waals surface area (Å²) in [6.07, 6.45) is 3.69. The fraction of sp³-hybridized carbons (Fsp3) is 0.417. The van der Waals surface area contributed by atoms with Gasteiger partial charge in [-0.25, -0.2) is 0 Å². The third-order valence-corrected chi connectivity index (χ3v) is 5.97. The van der Waals surface area contributed by atoms with E-state index in [1.54, 1.807) is 0 Å². The van der Waals surface area contributed by atoms with Crippen molar-refractivity contribution in [1.29, 1.82) is 0 Å². The van der Waals surface area contributed by atoms with Crippen molar-refractivity contribution in [3.05, 3.63) is 65.7 Å². The summed E-state index contributed by atoms with van der Waals surface area (Å²) >= 11 is 0. The van der Waals surface area contributed by atoms with Gasteiger partial charge >= 0.3 is 0 Å². The number of amides is 2. The Hall–Kier alpha value is -2.66. The molecule has 0 N–H and O–H groups in total. The van der Waals surface area contributed by atoms with Crippen molar-refractivity contribution in [3.63, 3.8) is 0 Å². The summed E-state index contributed by atoms with van der Waals surface area (Å²) in [4.78, 5) is 31.2. The zero-order chi connectivity index (χ0) is 20.1. The highest BCUT2D eigenvalue weighted by atomic mass is 16.2. The number of benzene rings is 2.